The van der Waals surface area contributed by atoms with Crippen LogP contribution in [-0.4, -0.2) is 57.0 Å². The van der Waals surface area contributed by atoms with Crippen LogP contribution >= 0.6 is 0 Å². The van der Waals surface area contributed by atoms with Crippen LogP contribution < -0.4 is 0 Å². The summed E-state index contributed by atoms with van der Waals surface area (Å²) in [6.07, 6.45) is 1.09. The van der Waals surface area contributed by atoms with Crippen molar-refractivity contribution in [3.05, 3.63) is 24.2 Å². The molecule has 1 spiro atoms. The lowest BCUT2D eigenvalue weighted by Gasteiger charge is -2.68. The molecule has 9 heteroatoms. The van der Waals surface area contributed by atoms with Gasteiger partial charge in [-0.3, -0.25) is 14.4 Å². The topological polar surface area (TPSA) is 144 Å². The van der Waals surface area contributed by atoms with Crippen molar-refractivity contribution in [2.45, 2.75) is 83.2 Å². The lowest BCUT2D eigenvalue weighted by Crippen LogP contribution is -2.75. The van der Waals surface area contributed by atoms with E-state index in [2.05, 4.69) is 0 Å². The third-order valence-corrected chi connectivity index (χ3v) is 10.3. The molecule has 5 rings (SSSR count). The first-order chi connectivity index (χ1) is 16.2. The number of aliphatic carboxylic acids is 1. The van der Waals surface area contributed by atoms with Crippen LogP contribution in [0.15, 0.2) is 23.0 Å². The molecule has 192 valence electrons. The van der Waals surface area contributed by atoms with Crippen LogP contribution in [0.1, 0.15) is 71.5 Å². The van der Waals surface area contributed by atoms with Gasteiger partial charge in [-0.05, 0) is 45.6 Å². The molecular weight excluding hydrogens is 456 g/mol. The third-order valence-electron chi connectivity index (χ3n) is 10.3. The minimum absolute atomic E-state index is 0.0486. The maximum atomic E-state index is 14.1. The van der Waals surface area contributed by atoms with Gasteiger partial charge in [-0.15, -0.1) is 0 Å². The zero-order chi connectivity index (χ0) is 25.6. The molecule has 3 N–H and O–H groups in total. The number of carbonyl (C=O) groups is 3. The van der Waals surface area contributed by atoms with Crippen LogP contribution in [0.25, 0.3) is 0 Å². The van der Waals surface area contributed by atoms with Crippen molar-refractivity contribution in [1.82, 2.24) is 0 Å². The van der Waals surface area contributed by atoms with Crippen molar-refractivity contribution in [2.75, 3.05) is 6.61 Å². The molecule has 3 heterocycles. The molecule has 1 aromatic rings. The van der Waals surface area contributed by atoms with Crippen LogP contribution in [-0.2, 0) is 23.9 Å². The molecule has 9 nitrogen and oxygen atoms in total. The summed E-state index contributed by atoms with van der Waals surface area (Å²) in [5, 5.41) is 33.9. The van der Waals surface area contributed by atoms with Crippen LogP contribution in [0.4, 0.5) is 0 Å². The van der Waals surface area contributed by atoms with E-state index in [1.54, 1.807) is 19.9 Å². The predicted molar refractivity (Wildman–Crippen MR) is 120 cm³/mol. The smallest absolute Gasteiger partial charge is 0.308 e. The number of ether oxygens (including phenoxy) is 2. The van der Waals surface area contributed by atoms with Crippen LogP contribution in [0.5, 0.6) is 0 Å². The second kappa shape index (κ2) is 7.40. The van der Waals surface area contributed by atoms with E-state index in [0.717, 1.165) is 0 Å². The highest BCUT2D eigenvalue weighted by atomic mass is 16.6. The summed E-state index contributed by atoms with van der Waals surface area (Å²) in [4.78, 5) is 38.5. The molecule has 1 aromatic heterocycles. The maximum Gasteiger partial charge on any atom is 0.308 e. The Morgan fingerprint density at radius 1 is 1.17 bits per heavy atom. The van der Waals surface area contributed by atoms with Crippen molar-refractivity contribution >= 4 is 17.7 Å². The van der Waals surface area contributed by atoms with Gasteiger partial charge in [0.25, 0.3) is 0 Å². The van der Waals surface area contributed by atoms with Gasteiger partial charge >= 0.3 is 11.9 Å². The molecule has 2 saturated carbocycles. The average Bonchev–Trinajstić information content (AvgIpc) is 3.37. The van der Waals surface area contributed by atoms with Crippen molar-refractivity contribution in [1.29, 1.82) is 0 Å². The Labute approximate surface area is 203 Å². The van der Waals surface area contributed by atoms with Gasteiger partial charge < -0.3 is 29.2 Å². The number of rotatable bonds is 4. The predicted octanol–water partition coefficient (Wildman–Crippen LogP) is 2.64. The summed E-state index contributed by atoms with van der Waals surface area (Å²) in [6.45, 7) is 7.18. The molecule has 0 bridgehead atoms. The summed E-state index contributed by atoms with van der Waals surface area (Å²) in [5.41, 5.74) is -6.01. The molecule has 0 aromatic carbocycles. The fraction of sp³-hybridized carbons (Fsp3) is 0.731. The summed E-state index contributed by atoms with van der Waals surface area (Å²) in [6, 6.07) is 1.58. The van der Waals surface area contributed by atoms with Gasteiger partial charge in [0.15, 0.2) is 0 Å². The van der Waals surface area contributed by atoms with Gasteiger partial charge in [0.2, 0.25) is 0 Å². The van der Waals surface area contributed by atoms with Crippen molar-refractivity contribution in [2.24, 2.45) is 28.1 Å². The summed E-state index contributed by atoms with van der Waals surface area (Å²) < 4.78 is 17.1. The standard InChI is InChI=1S/C26H34O9/c1-22(2)16-9-17(27)24(4)15(25(16)13-34-20(30)10-18(25)35-22)5-7-23(3,26(24,32)11-19(28)29)21(31)14-6-8-33-12-14/h6,8,12,15-16,18,21,31-32H,5,7,9-11,13H2,1-4H3,(H,28,29)/t15?,16?,18?,21-,23-,24?,25?,26?/m0/s1. The molecule has 4 aliphatic rings. The van der Waals surface area contributed by atoms with Gasteiger partial charge in [0.05, 0.1) is 54.2 Å². The molecule has 35 heavy (non-hydrogen) atoms. The number of hydrogen-bond donors (Lipinski definition) is 3. The molecule has 2 aliphatic heterocycles. The van der Waals surface area contributed by atoms with Crippen LogP contribution in [0.2, 0.25) is 0 Å². The number of cyclic esters (lactones) is 1. The van der Waals surface area contributed by atoms with E-state index < -0.39 is 58.0 Å². The lowest BCUT2D eigenvalue weighted by atomic mass is 9.36. The summed E-state index contributed by atoms with van der Waals surface area (Å²) in [5.74, 6) is -2.64. The van der Waals surface area contributed by atoms with Gasteiger partial charge in [0.1, 0.15) is 12.4 Å². The first kappa shape index (κ1) is 24.5. The summed E-state index contributed by atoms with van der Waals surface area (Å²) >= 11 is 0. The Balaban J connectivity index is 1.70. The van der Waals surface area contributed by atoms with E-state index in [-0.39, 0.29) is 43.5 Å². The number of aliphatic hydroxyl groups excluding tert-OH is 1. The maximum absolute atomic E-state index is 14.1. The van der Waals surface area contributed by atoms with Gasteiger partial charge in [-0.25, -0.2) is 0 Å². The van der Waals surface area contributed by atoms with Crippen molar-refractivity contribution < 1.29 is 43.6 Å². The number of hydrogen-bond acceptors (Lipinski definition) is 8. The van der Waals surface area contributed by atoms with E-state index in [1.165, 1.54) is 12.5 Å². The largest absolute Gasteiger partial charge is 0.481 e. The average molecular weight is 491 g/mol. The number of furan rings is 1. The first-order valence-corrected chi connectivity index (χ1v) is 12.2. The van der Waals surface area contributed by atoms with Gasteiger partial charge in [0, 0.05) is 28.7 Å². The molecule has 2 saturated heterocycles. The highest BCUT2D eigenvalue weighted by Crippen LogP contribution is 2.73. The van der Waals surface area contributed by atoms with E-state index in [1.807, 2.05) is 13.8 Å². The Bertz CT molecular complexity index is 1060. The van der Waals surface area contributed by atoms with Gasteiger partial charge in [-0.1, -0.05) is 6.92 Å². The molecule has 0 amide bonds. The zero-order valence-corrected chi connectivity index (χ0v) is 20.6. The molecular formula is C26H34O9. The number of ketones is 1. The molecule has 0 radical (unpaired) electrons. The molecule has 4 fully saturated rings. The first-order valence-electron chi connectivity index (χ1n) is 12.2. The van der Waals surface area contributed by atoms with E-state index in [4.69, 9.17) is 13.9 Å². The number of carboxylic acid groups (broad SMARTS) is 1. The Morgan fingerprint density at radius 3 is 2.51 bits per heavy atom. The molecule has 8 atom stereocenters. The van der Waals surface area contributed by atoms with E-state index in [0.29, 0.717) is 12.0 Å². The molecule has 6 unspecified atom stereocenters. The number of carboxylic acids is 1. The third kappa shape index (κ3) is 2.89. The van der Waals surface area contributed by atoms with E-state index in [9.17, 15) is 29.7 Å². The van der Waals surface area contributed by atoms with Crippen molar-refractivity contribution in [3.8, 4) is 0 Å². The van der Waals surface area contributed by atoms with Crippen molar-refractivity contribution in [3.63, 3.8) is 0 Å². The highest BCUT2D eigenvalue weighted by molar-refractivity contribution is 5.89. The number of carbonyl (C=O) groups excluding carboxylic acids is 2. The quantitative estimate of drug-likeness (QED) is 0.543. The fourth-order valence-electron chi connectivity index (χ4n) is 8.49. The number of esters is 1. The number of fused-ring (bicyclic) bond motifs is 1. The minimum atomic E-state index is -2.10. The number of Topliss-reactive ketones (excluding diaryl/α,β-unsaturated/α-hetero) is 1. The fourth-order valence-corrected chi connectivity index (χ4v) is 8.49. The SMILES string of the molecule is CC1(C)OC2CC(=O)OCC23C1CC(=O)C1(C)C3CC[C@@](C)([C@@H](O)c2ccoc2)C1(O)CC(=O)O. The lowest BCUT2D eigenvalue weighted by molar-refractivity contribution is -0.275. The normalized spacial score (nSPS) is 45.1. The second-order valence-corrected chi connectivity index (χ2v) is 12.0. The summed E-state index contributed by atoms with van der Waals surface area (Å²) in [7, 11) is 0. The Morgan fingerprint density at radius 2 is 1.89 bits per heavy atom. The zero-order valence-electron chi connectivity index (χ0n) is 20.6. The Hall–Kier alpha value is -2.23. The highest BCUT2D eigenvalue weighted by Gasteiger charge is 2.79. The van der Waals surface area contributed by atoms with Crippen LogP contribution in [0.3, 0.4) is 0 Å². The van der Waals surface area contributed by atoms with Crippen LogP contribution in [0, 0.1) is 28.1 Å². The monoisotopic (exact) mass is 490 g/mol. The minimum Gasteiger partial charge on any atom is -0.481 e. The molecule has 2 aliphatic carbocycles. The Kier molecular flexibility index (Phi) is 5.17. The number of aliphatic hydroxyl groups is 2. The van der Waals surface area contributed by atoms with E-state index >= 15 is 0 Å². The van der Waals surface area contributed by atoms with Gasteiger partial charge in [-0.2, -0.15) is 0 Å². The second-order valence-electron chi connectivity index (χ2n) is 12.0.